The average Bonchev–Trinajstić information content (AvgIpc) is 3.66. The number of carbonyl (C=O) groups excluding carboxylic acids is 7. The van der Waals surface area contributed by atoms with Crippen molar-refractivity contribution in [2.75, 3.05) is 18.8 Å². The number of carboxylic acids is 1. The summed E-state index contributed by atoms with van der Waals surface area (Å²) in [6.45, 7) is 10.9. The Morgan fingerprint density at radius 2 is 1.44 bits per heavy atom. The van der Waals surface area contributed by atoms with Crippen LogP contribution < -0.4 is 21.3 Å². The first kappa shape index (κ1) is 48.2. The van der Waals surface area contributed by atoms with Crippen molar-refractivity contribution in [1.82, 2.24) is 31.1 Å². The molecule has 4 unspecified atom stereocenters. The number of thioether (sulfide) groups is 1. The van der Waals surface area contributed by atoms with Gasteiger partial charge in [0.25, 0.3) is 11.7 Å². The third kappa shape index (κ3) is 13.8. The molecule has 2 heterocycles. The second kappa shape index (κ2) is 23.0. The molecule has 1 saturated heterocycles. The van der Waals surface area contributed by atoms with Crippen molar-refractivity contribution >= 4 is 59.1 Å². The first-order valence-electron chi connectivity index (χ1n) is 21.0. The number of hydrogen-bond donors (Lipinski definition) is 5. The van der Waals surface area contributed by atoms with Crippen LogP contribution in [0.15, 0.2) is 54.6 Å². The van der Waals surface area contributed by atoms with Crippen molar-refractivity contribution in [3.8, 4) is 0 Å². The largest absolute Gasteiger partial charge is 0.481 e. The van der Waals surface area contributed by atoms with Crippen molar-refractivity contribution < 1.29 is 48.2 Å². The summed E-state index contributed by atoms with van der Waals surface area (Å²) < 4.78 is 5.95. The van der Waals surface area contributed by atoms with Crippen molar-refractivity contribution in [2.24, 2.45) is 11.8 Å². The van der Waals surface area contributed by atoms with Crippen molar-refractivity contribution in [3.05, 3.63) is 71.3 Å². The van der Waals surface area contributed by atoms with E-state index in [1.54, 1.807) is 46.4 Å². The highest BCUT2D eigenvalue weighted by Crippen LogP contribution is 2.27. The second-order valence-corrected chi connectivity index (χ2v) is 17.5. The Morgan fingerprint density at radius 3 is 2.08 bits per heavy atom. The maximum atomic E-state index is 14.6. The average molecular weight is 865 g/mol. The summed E-state index contributed by atoms with van der Waals surface area (Å²) in [7, 11) is 0. The summed E-state index contributed by atoms with van der Waals surface area (Å²) in [5.74, 6) is -5.74. The molecule has 5 N–H and O–H groups in total. The maximum absolute atomic E-state index is 14.6. The van der Waals surface area contributed by atoms with Gasteiger partial charge in [-0.05, 0) is 60.5 Å². The van der Waals surface area contributed by atoms with Crippen LogP contribution in [0.3, 0.4) is 0 Å². The smallest absolute Gasteiger partial charge is 0.410 e. The summed E-state index contributed by atoms with van der Waals surface area (Å²) in [5.41, 5.74) is 2.90. The number of nitrogens with zero attached hydrogens (tertiary/aromatic N) is 2. The minimum Gasteiger partial charge on any atom is -0.481 e. The zero-order valence-corrected chi connectivity index (χ0v) is 36.6. The fourth-order valence-corrected chi connectivity index (χ4v) is 8.10. The van der Waals surface area contributed by atoms with Crippen molar-refractivity contribution in [3.63, 3.8) is 0 Å². The van der Waals surface area contributed by atoms with Gasteiger partial charge in [0.15, 0.2) is 0 Å². The van der Waals surface area contributed by atoms with E-state index in [4.69, 9.17) is 9.84 Å². The lowest BCUT2D eigenvalue weighted by atomic mass is 9.98. The highest BCUT2D eigenvalue weighted by atomic mass is 32.2. The Balaban J connectivity index is 1.54. The molecule has 1 fully saturated rings. The molecule has 2 aromatic carbocycles. The minimum atomic E-state index is -1.30. The number of aliphatic carboxylic acids is 1. The molecule has 0 saturated carbocycles. The molecule has 0 aliphatic carbocycles. The fourth-order valence-electron chi connectivity index (χ4n) is 7.31. The van der Waals surface area contributed by atoms with Gasteiger partial charge in [-0.1, -0.05) is 89.2 Å². The van der Waals surface area contributed by atoms with Gasteiger partial charge in [0.2, 0.25) is 23.6 Å². The van der Waals surface area contributed by atoms with Crippen LogP contribution in [0.1, 0.15) is 96.4 Å². The zero-order chi connectivity index (χ0) is 44.8. The molecule has 16 nitrogen and oxygen atoms in total. The quantitative estimate of drug-likeness (QED) is 0.0734. The molecule has 6 atom stereocenters. The summed E-state index contributed by atoms with van der Waals surface area (Å²) >= 11 is 1.04. The highest BCUT2D eigenvalue weighted by molar-refractivity contribution is 8.00. The van der Waals surface area contributed by atoms with Crippen LogP contribution in [-0.4, -0.2) is 111 Å². The van der Waals surface area contributed by atoms with Crippen LogP contribution in [0, 0.1) is 11.8 Å². The number of amides is 6. The van der Waals surface area contributed by atoms with E-state index in [0.29, 0.717) is 38.1 Å². The first-order valence-corrected chi connectivity index (χ1v) is 22.0. The molecular weight excluding hydrogens is 805 g/mol. The number of unbranched alkanes of at least 4 members (excludes halogenated alkanes) is 1. The molecule has 17 heteroatoms. The summed E-state index contributed by atoms with van der Waals surface area (Å²) in [4.78, 5) is 109. The van der Waals surface area contributed by atoms with E-state index in [0.717, 1.165) is 28.5 Å². The van der Waals surface area contributed by atoms with E-state index in [1.807, 2.05) is 54.6 Å². The van der Waals surface area contributed by atoms with E-state index in [2.05, 4.69) is 21.3 Å². The van der Waals surface area contributed by atoms with Gasteiger partial charge in [0, 0.05) is 32.4 Å². The van der Waals surface area contributed by atoms with E-state index in [1.165, 1.54) is 4.90 Å². The molecule has 4 rings (SSSR count). The maximum Gasteiger partial charge on any atom is 0.410 e. The number of hydrogen-bond acceptors (Lipinski definition) is 10. The van der Waals surface area contributed by atoms with E-state index in [-0.39, 0.29) is 31.7 Å². The van der Waals surface area contributed by atoms with E-state index >= 15 is 0 Å². The number of fused-ring (bicyclic) bond motifs is 1. The predicted octanol–water partition coefficient (Wildman–Crippen LogP) is 3.72. The number of likely N-dealkylation sites (tertiary alicyclic amines) is 1. The van der Waals surface area contributed by atoms with Crippen LogP contribution in [0.5, 0.6) is 0 Å². The topological polar surface area (TPSA) is 221 Å². The molecule has 0 spiro atoms. The summed E-state index contributed by atoms with van der Waals surface area (Å²) in [6, 6.07) is 12.9. The number of Topliss-reactive ketones (excluding diaryl/α,β-unsaturated/α-hetero) is 1. The summed E-state index contributed by atoms with van der Waals surface area (Å²) in [5, 5.41) is 18.5. The standard InChI is InChI=1S/C44H60N6O10S/c1-7-61-42(38(54)41(57)45-28(6)29-15-9-8-10-16-29)48-39(55)33-23-32(60-44(59)49-22-21-30-17-11-12-18-31(30)24-49)25-50(33)43(58)37(27(4)5)47-40(56)36(26(2)3)46-34(51)19-13-14-20-35(52)53/h8-12,15-18,26-28,32-33,36-37,42H,7,13-14,19-25H2,1-6H3,(H,45,57)(H,46,51)(H,47,56)(H,48,55)(H,52,53)/t28-,32?,33?,36-,37?,42?/m0/s1. The Kier molecular flexibility index (Phi) is 18.1. The normalized spacial score (nSPS) is 18.0. The van der Waals surface area contributed by atoms with Gasteiger partial charge in [0.05, 0.1) is 12.6 Å². The highest BCUT2D eigenvalue weighted by Gasteiger charge is 2.46. The van der Waals surface area contributed by atoms with Crippen molar-refractivity contribution in [1.29, 1.82) is 0 Å². The molecule has 6 amide bonds. The number of nitrogens with one attached hydrogen (secondary N) is 4. The van der Waals surface area contributed by atoms with Crippen LogP contribution in [0.4, 0.5) is 4.79 Å². The van der Waals surface area contributed by atoms with Gasteiger partial charge >= 0.3 is 12.1 Å². The Morgan fingerprint density at radius 1 is 0.803 bits per heavy atom. The van der Waals surface area contributed by atoms with Gasteiger partial charge in [-0.2, -0.15) is 0 Å². The third-order valence-electron chi connectivity index (χ3n) is 10.8. The molecule has 332 valence electrons. The third-order valence-corrected chi connectivity index (χ3v) is 11.8. The van der Waals surface area contributed by atoms with Gasteiger partial charge in [0.1, 0.15) is 29.6 Å². The minimum absolute atomic E-state index is 0.0124. The number of carboxylic acid groups (broad SMARTS) is 1. The van der Waals surface area contributed by atoms with Gasteiger partial charge in [-0.25, -0.2) is 4.79 Å². The lowest BCUT2D eigenvalue weighted by molar-refractivity contribution is -0.144. The molecule has 2 aliphatic heterocycles. The van der Waals surface area contributed by atoms with E-state index < -0.39 is 88.9 Å². The SMILES string of the molecule is CCSC(NC(=O)C1CC(OC(=O)N2CCc3ccccc3C2)CN1C(=O)C(NC(=O)[C@@H](NC(=O)CCCCC(=O)O)C(C)C)C(C)C)C(=O)C(=O)N[C@@H](C)c1ccccc1. The zero-order valence-electron chi connectivity index (χ0n) is 35.8. The van der Waals surface area contributed by atoms with Gasteiger partial charge in [-0.15, -0.1) is 11.8 Å². The monoisotopic (exact) mass is 864 g/mol. The number of ether oxygens (including phenoxy) is 1. The number of rotatable bonds is 20. The molecule has 0 aromatic heterocycles. The van der Waals surface area contributed by atoms with Gasteiger partial charge in [-0.3, -0.25) is 33.6 Å². The number of carbonyl (C=O) groups is 8. The number of benzene rings is 2. The molecule has 2 aromatic rings. The fraction of sp³-hybridized carbons (Fsp3) is 0.545. The molecule has 0 bridgehead atoms. The predicted molar refractivity (Wildman–Crippen MR) is 229 cm³/mol. The first-order chi connectivity index (χ1) is 29.0. The lowest BCUT2D eigenvalue weighted by Crippen LogP contribution is -2.59. The van der Waals surface area contributed by atoms with Crippen LogP contribution in [0.25, 0.3) is 0 Å². The van der Waals surface area contributed by atoms with Crippen LogP contribution in [0.2, 0.25) is 0 Å². The van der Waals surface area contributed by atoms with Gasteiger partial charge < -0.3 is 40.9 Å². The molecule has 61 heavy (non-hydrogen) atoms. The Hall–Kier alpha value is -5.45. The molecule has 2 aliphatic rings. The van der Waals surface area contributed by atoms with Crippen LogP contribution in [-0.2, 0) is 51.3 Å². The molecule has 0 radical (unpaired) electrons. The van der Waals surface area contributed by atoms with E-state index in [9.17, 15) is 38.4 Å². The number of ketones is 1. The molecular formula is C44H60N6O10S. The van der Waals surface area contributed by atoms with Crippen molar-refractivity contribution in [2.45, 2.75) is 122 Å². The summed E-state index contributed by atoms with van der Waals surface area (Å²) in [6.07, 6.45) is -0.491. The Bertz CT molecular complexity index is 1890. The lowest BCUT2D eigenvalue weighted by Gasteiger charge is -2.32. The van der Waals surface area contributed by atoms with Crippen LogP contribution >= 0.6 is 11.8 Å². The second-order valence-electron chi connectivity index (χ2n) is 16.1. The Labute approximate surface area is 361 Å².